The third kappa shape index (κ3) is 4.59. The first-order valence-corrected chi connectivity index (χ1v) is 10.4. The fourth-order valence-corrected chi connectivity index (χ4v) is 4.04. The SMILES string of the molecule is CN(C)c1nc(NC2CCC(NCc3ccccc3N)CC2)nc2ccccc12. The fraction of sp³-hybridized carbons (Fsp3) is 0.391. The first kappa shape index (κ1) is 19.5. The molecule has 0 aliphatic heterocycles. The van der Waals surface area contributed by atoms with Gasteiger partial charge in [-0.25, -0.2) is 4.98 Å². The van der Waals surface area contributed by atoms with Crippen LogP contribution >= 0.6 is 0 Å². The molecular weight excluding hydrogens is 360 g/mol. The minimum Gasteiger partial charge on any atom is -0.398 e. The van der Waals surface area contributed by atoms with E-state index in [4.69, 9.17) is 15.7 Å². The summed E-state index contributed by atoms with van der Waals surface area (Å²) in [7, 11) is 4.05. The summed E-state index contributed by atoms with van der Waals surface area (Å²) < 4.78 is 0. The number of fused-ring (bicyclic) bond motifs is 1. The van der Waals surface area contributed by atoms with E-state index in [1.807, 2.05) is 55.4 Å². The zero-order valence-electron chi connectivity index (χ0n) is 17.2. The fourth-order valence-electron chi connectivity index (χ4n) is 4.04. The highest BCUT2D eigenvalue weighted by Crippen LogP contribution is 2.26. The second kappa shape index (κ2) is 8.66. The number of benzene rings is 2. The second-order valence-electron chi connectivity index (χ2n) is 8.05. The van der Waals surface area contributed by atoms with E-state index in [0.717, 1.165) is 60.6 Å². The van der Waals surface area contributed by atoms with Gasteiger partial charge in [0.2, 0.25) is 5.95 Å². The van der Waals surface area contributed by atoms with Crippen molar-refractivity contribution in [1.82, 2.24) is 15.3 Å². The number of anilines is 3. The molecule has 1 aliphatic carbocycles. The zero-order valence-corrected chi connectivity index (χ0v) is 17.2. The normalized spacial score (nSPS) is 19.2. The van der Waals surface area contributed by atoms with Gasteiger partial charge in [-0.2, -0.15) is 4.98 Å². The van der Waals surface area contributed by atoms with Crippen LogP contribution in [-0.4, -0.2) is 36.1 Å². The molecule has 1 fully saturated rings. The summed E-state index contributed by atoms with van der Waals surface area (Å²) in [4.78, 5) is 11.6. The lowest BCUT2D eigenvalue weighted by molar-refractivity contribution is 0.352. The van der Waals surface area contributed by atoms with Gasteiger partial charge in [-0.1, -0.05) is 30.3 Å². The van der Waals surface area contributed by atoms with Crippen molar-refractivity contribution in [2.45, 2.75) is 44.3 Å². The first-order chi connectivity index (χ1) is 14.1. The van der Waals surface area contributed by atoms with Crippen LogP contribution in [0.4, 0.5) is 17.5 Å². The van der Waals surface area contributed by atoms with Crippen LogP contribution in [0.15, 0.2) is 48.5 Å². The summed E-state index contributed by atoms with van der Waals surface area (Å²) in [6.45, 7) is 0.829. The Morgan fingerprint density at radius 1 is 0.931 bits per heavy atom. The molecule has 1 aromatic heterocycles. The highest BCUT2D eigenvalue weighted by atomic mass is 15.2. The van der Waals surface area contributed by atoms with Gasteiger partial charge in [0, 0.05) is 43.8 Å². The highest BCUT2D eigenvalue weighted by Gasteiger charge is 2.22. The number of rotatable bonds is 6. The van der Waals surface area contributed by atoms with E-state index in [-0.39, 0.29) is 0 Å². The molecule has 4 rings (SSSR count). The molecule has 2 aromatic carbocycles. The number of nitrogens with two attached hydrogens (primary N) is 1. The molecular formula is C23H30N6. The minimum atomic E-state index is 0.408. The van der Waals surface area contributed by atoms with E-state index < -0.39 is 0 Å². The Kier molecular flexibility index (Phi) is 5.81. The summed E-state index contributed by atoms with van der Waals surface area (Å²) in [5.74, 6) is 1.68. The maximum Gasteiger partial charge on any atom is 0.225 e. The van der Waals surface area contributed by atoms with Crippen LogP contribution in [0.3, 0.4) is 0 Å². The smallest absolute Gasteiger partial charge is 0.225 e. The average molecular weight is 391 g/mol. The van der Waals surface area contributed by atoms with E-state index in [1.165, 1.54) is 5.56 Å². The van der Waals surface area contributed by atoms with E-state index in [0.29, 0.717) is 12.1 Å². The molecule has 0 bridgehead atoms. The number of hydrogen-bond acceptors (Lipinski definition) is 6. The third-order valence-corrected chi connectivity index (χ3v) is 5.70. The standard InChI is InChI=1S/C23H30N6/c1-29(2)22-19-8-4-6-10-21(19)27-23(28-22)26-18-13-11-17(12-14-18)25-15-16-7-3-5-9-20(16)24/h3-10,17-18,25H,11-15,24H2,1-2H3,(H,26,27,28). The van der Waals surface area contributed by atoms with Gasteiger partial charge in [-0.05, 0) is 49.4 Å². The van der Waals surface area contributed by atoms with Crippen LogP contribution in [0, 0.1) is 0 Å². The van der Waals surface area contributed by atoms with Crippen molar-refractivity contribution in [3.05, 3.63) is 54.1 Å². The molecule has 1 heterocycles. The molecule has 29 heavy (non-hydrogen) atoms. The quantitative estimate of drug-likeness (QED) is 0.556. The summed E-state index contributed by atoms with van der Waals surface area (Å²) in [5, 5.41) is 8.32. The molecule has 0 atom stereocenters. The molecule has 4 N–H and O–H groups in total. The van der Waals surface area contributed by atoms with Crippen molar-refractivity contribution in [2.75, 3.05) is 30.0 Å². The van der Waals surface area contributed by atoms with E-state index >= 15 is 0 Å². The number of aromatic nitrogens is 2. The van der Waals surface area contributed by atoms with Crippen LogP contribution < -0.4 is 21.3 Å². The number of para-hydroxylation sites is 2. The van der Waals surface area contributed by atoms with Gasteiger partial charge in [0.1, 0.15) is 5.82 Å². The van der Waals surface area contributed by atoms with Crippen LogP contribution in [0.2, 0.25) is 0 Å². The van der Waals surface area contributed by atoms with Gasteiger partial charge in [-0.3, -0.25) is 0 Å². The van der Waals surface area contributed by atoms with E-state index in [1.54, 1.807) is 0 Å². The van der Waals surface area contributed by atoms with Gasteiger partial charge < -0.3 is 21.3 Å². The molecule has 0 spiro atoms. The minimum absolute atomic E-state index is 0.408. The van der Waals surface area contributed by atoms with Gasteiger partial charge in [-0.15, -0.1) is 0 Å². The summed E-state index contributed by atoms with van der Waals surface area (Å²) >= 11 is 0. The third-order valence-electron chi connectivity index (χ3n) is 5.70. The lowest BCUT2D eigenvalue weighted by atomic mass is 9.91. The van der Waals surface area contributed by atoms with Crippen molar-refractivity contribution in [3.63, 3.8) is 0 Å². The molecule has 6 heteroatoms. The Bertz CT molecular complexity index is 962. The molecule has 0 radical (unpaired) electrons. The zero-order chi connectivity index (χ0) is 20.2. The highest BCUT2D eigenvalue weighted by molar-refractivity contribution is 5.90. The topological polar surface area (TPSA) is 79.1 Å². The van der Waals surface area contributed by atoms with Crippen LogP contribution in [0.25, 0.3) is 10.9 Å². The van der Waals surface area contributed by atoms with Gasteiger partial charge in [0.25, 0.3) is 0 Å². The number of nitrogens with one attached hydrogen (secondary N) is 2. The summed E-state index contributed by atoms with van der Waals surface area (Å²) in [6.07, 6.45) is 4.49. The molecule has 3 aromatic rings. The number of hydrogen-bond donors (Lipinski definition) is 3. The monoisotopic (exact) mass is 390 g/mol. The molecule has 1 saturated carbocycles. The Balaban J connectivity index is 1.35. The molecule has 0 amide bonds. The molecule has 6 nitrogen and oxygen atoms in total. The number of nitrogens with zero attached hydrogens (tertiary/aromatic N) is 3. The Hall–Kier alpha value is -2.86. The van der Waals surface area contributed by atoms with Crippen molar-refractivity contribution < 1.29 is 0 Å². The van der Waals surface area contributed by atoms with Gasteiger partial charge in [0.05, 0.1) is 5.52 Å². The van der Waals surface area contributed by atoms with Crippen molar-refractivity contribution >= 4 is 28.4 Å². The Morgan fingerprint density at radius 3 is 2.38 bits per heavy atom. The predicted molar refractivity (Wildman–Crippen MR) is 121 cm³/mol. The van der Waals surface area contributed by atoms with Crippen molar-refractivity contribution in [2.24, 2.45) is 0 Å². The maximum atomic E-state index is 6.05. The van der Waals surface area contributed by atoms with E-state index in [9.17, 15) is 0 Å². The molecule has 0 saturated heterocycles. The second-order valence-corrected chi connectivity index (χ2v) is 8.05. The average Bonchev–Trinajstić information content (AvgIpc) is 2.73. The maximum absolute atomic E-state index is 6.05. The number of nitrogen functional groups attached to an aromatic ring is 1. The van der Waals surface area contributed by atoms with Crippen molar-refractivity contribution in [1.29, 1.82) is 0 Å². The lowest BCUT2D eigenvalue weighted by Crippen LogP contribution is -2.37. The summed E-state index contributed by atoms with van der Waals surface area (Å²) in [5.41, 5.74) is 9.06. The predicted octanol–water partition coefficient (Wildman–Crippen LogP) is 3.79. The molecule has 1 aliphatic rings. The summed E-state index contributed by atoms with van der Waals surface area (Å²) in [6, 6.07) is 17.2. The van der Waals surface area contributed by atoms with Gasteiger partial charge >= 0.3 is 0 Å². The van der Waals surface area contributed by atoms with Crippen LogP contribution in [0.5, 0.6) is 0 Å². The molecule has 0 unspecified atom stereocenters. The lowest BCUT2D eigenvalue weighted by Gasteiger charge is -2.30. The van der Waals surface area contributed by atoms with Crippen LogP contribution in [-0.2, 0) is 6.54 Å². The first-order valence-electron chi connectivity index (χ1n) is 10.4. The molecule has 152 valence electrons. The Morgan fingerprint density at radius 2 is 1.62 bits per heavy atom. The van der Waals surface area contributed by atoms with E-state index in [2.05, 4.69) is 22.8 Å². The Labute approximate surface area is 172 Å². The van der Waals surface area contributed by atoms with Crippen molar-refractivity contribution in [3.8, 4) is 0 Å². The van der Waals surface area contributed by atoms with Gasteiger partial charge in [0.15, 0.2) is 0 Å². The van der Waals surface area contributed by atoms with Crippen LogP contribution in [0.1, 0.15) is 31.2 Å². The largest absolute Gasteiger partial charge is 0.398 e.